The maximum atomic E-state index is 10.7. The molecule has 0 aliphatic carbocycles. The summed E-state index contributed by atoms with van der Waals surface area (Å²) in [6.45, 7) is 0. The molecular formula is C13H9N3O2S. The Morgan fingerprint density at radius 1 is 1.21 bits per heavy atom. The van der Waals surface area contributed by atoms with E-state index in [0.29, 0.717) is 5.03 Å². The van der Waals surface area contributed by atoms with Crippen LogP contribution in [0.5, 0.6) is 0 Å². The van der Waals surface area contributed by atoms with E-state index in [9.17, 15) is 4.79 Å². The number of H-pyrrole nitrogens is 1. The number of hydrogen-bond acceptors (Lipinski definition) is 4. The van der Waals surface area contributed by atoms with E-state index in [4.69, 9.17) is 5.11 Å². The third-order valence-electron chi connectivity index (χ3n) is 2.55. The van der Waals surface area contributed by atoms with Gasteiger partial charge in [-0.15, -0.1) is 0 Å². The molecule has 0 saturated carbocycles. The lowest BCUT2D eigenvalue weighted by Crippen LogP contribution is -1.96. The highest BCUT2D eigenvalue weighted by molar-refractivity contribution is 7.99. The zero-order chi connectivity index (χ0) is 13.2. The second kappa shape index (κ2) is 4.74. The fraction of sp³-hybridized carbons (Fsp3) is 0. The van der Waals surface area contributed by atoms with Gasteiger partial charge in [0.15, 0.2) is 5.16 Å². The van der Waals surface area contributed by atoms with E-state index in [1.165, 1.54) is 24.0 Å². The van der Waals surface area contributed by atoms with Gasteiger partial charge in [-0.25, -0.2) is 14.8 Å². The molecule has 19 heavy (non-hydrogen) atoms. The summed E-state index contributed by atoms with van der Waals surface area (Å²) >= 11 is 1.36. The van der Waals surface area contributed by atoms with Gasteiger partial charge in [0.2, 0.25) is 0 Å². The van der Waals surface area contributed by atoms with Gasteiger partial charge in [-0.05, 0) is 36.0 Å². The molecule has 2 N–H and O–H groups in total. The normalized spacial score (nSPS) is 10.7. The number of carbonyl (C=O) groups is 1. The van der Waals surface area contributed by atoms with Gasteiger partial charge in [-0.3, -0.25) is 0 Å². The maximum Gasteiger partial charge on any atom is 0.337 e. The first-order valence-electron chi connectivity index (χ1n) is 5.54. The predicted molar refractivity (Wildman–Crippen MR) is 71.4 cm³/mol. The lowest BCUT2D eigenvalue weighted by atomic mass is 10.3. The highest BCUT2D eigenvalue weighted by Gasteiger charge is 2.07. The van der Waals surface area contributed by atoms with E-state index in [2.05, 4.69) is 15.0 Å². The Bertz CT molecular complexity index is 704. The number of aromatic nitrogens is 3. The Labute approximate surface area is 112 Å². The van der Waals surface area contributed by atoms with Crippen LogP contribution in [0, 0.1) is 0 Å². The molecule has 0 atom stereocenters. The number of carboxylic acid groups (broad SMARTS) is 1. The van der Waals surface area contributed by atoms with E-state index >= 15 is 0 Å². The lowest BCUT2D eigenvalue weighted by molar-refractivity contribution is 0.0696. The van der Waals surface area contributed by atoms with Crippen molar-refractivity contribution in [2.45, 2.75) is 10.2 Å². The standard InChI is InChI=1S/C13H9N3O2S/c17-12(18)8-5-6-11(14-7-8)19-13-15-9-3-1-2-4-10(9)16-13/h1-7H,(H,15,16)(H,17,18). The van der Waals surface area contributed by atoms with Crippen molar-refractivity contribution in [1.82, 2.24) is 15.0 Å². The molecule has 2 heterocycles. The molecule has 0 fully saturated rings. The molecule has 94 valence electrons. The van der Waals surface area contributed by atoms with Crippen molar-refractivity contribution in [2.75, 3.05) is 0 Å². The quantitative estimate of drug-likeness (QED) is 0.765. The molecule has 0 saturated heterocycles. The fourth-order valence-electron chi connectivity index (χ4n) is 1.64. The Morgan fingerprint density at radius 2 is 2.05 bits per heavy atom. The minimum absolute atomic E-state index is 0.175. The van der Waals surface area contributed by atoms with Crippen LogP contribution in [0.15, 0.2) is 52.8 Å². The summed E-state index contributed by atoms with van der Waals surface area (Å²) in [7, 11) is 0. The second-order valence-electron chi connectivity index (χ2n) is 3.85. The molecule has 1 aromatic carbocycles. The summed E-state index contributed by atoms with van der Waals surface area (Å²) in [6, 6.07) is 10.9. The molecule has 0 bridgehead atoms. The zero-order valence-electron chi connectivity index (χ0n) is 9.70. The zero-order valence-corrected chi connectivity index (χ0v) is 10.5. The van der Waals surface area contributed by atoms with Crippen LogP contribution in [0.1, 0.15) is 10.4 Å². The largest absolute Gasteiger partial charge is 0.478 e. The van der Waals surface area contributed by atoms with Crippen LogP contribution in [-0.2, 0) is 0 Å². The highest BCUT2D eigenvalue weighted by atomic mass is 32.2. The molecule has 0 spiro atoms. The molecule has 0 amide bonds. The number of pyridine rings is 1. The molecule has 0 unspecified atom stereocenters. The number of carboxylic acids is 1. The van der Waals surface area contributed by atoms with Crippen molar-refractivity contribution in [3.8, 4) is 0 Å². The van der Waals surface area contributed by atoms with Crippen LogP contribution in [0.2, 0.25) is 0 Å². The number of hydrogen-bond donors (Lipinski definition) is 2. The minimum Gasteiger partial charge on any atom is -0.478 e. The number of para-hydroxylation sites is 2. The Morgan fingerprint density at radius 3 is 2.74 bits per heavy atom. The number of benzene rings is 1. The first-order chi connectivity index (χ1) is 9.22. The van der Waals surface area contributed by atoms with Crippen molar-refractivity contribution >= 4 is 28.8 Å². The summed E-state index contributed by atoms with van der Waals surface area (Å²) in [5.41, 5.74) is 2.04. The average molecular weight is 271 g/mol. The Balaban J connectivity index is 1.86. The van der Waals surface area contributed by atoms with Gasteiger partial charge in [0.05, 0.1) is 16.6 Å². The van der Waals surface area contributed by atoms with Gasteiger partial charge >= 0.3 is 5.97 Å². The summed E-state index contributed by atoms with van der Waals surface area (Å²) in [5.74, 6) is -0.979. The molecule has 0 radical (unpaired) electrons. The summed E-state index contributed by atoms with van der Waals surface area (Å²) in [5, 5.41) is 10.2. The van der Waals surface area contributed by atoms with Crippen LogP contribution in [0.25, 0.3) is 11.0 Å². The van der Waals surface area contributed by atoms with Crippen LogP contribution < -0.4 is 0 Å². The molecule has 3 rings (SSSR count). The van der Waals surface area contributed by atoms with Crippen LogP contribution in [0.3, 0.4) is 0 Å². The Kier molecular flexibility index (Phi) is 2.92. The van der Waals surface area contributed by atoms with E-state index in [1.807, 2.05) is 24.3 Å². The SMILES string of the molecule is O=C(O)c1ccc(Sc2nc3ccccc3[nH]2)nc1. The van der Waals surface area contributed by atoms with Gasteiger partial charge in [-0.1, -0.05) is 12.1 Å². The number of fused-ring (bicyclic) bond motifs is 1. The van der Waals surface area contributed by atoms with E-state index in [0.717, 1.165) is 16.2 Å². The second-order valence-corrected chi connectivity index (χ2v) is 4.86. The predicted octanol–water partition coefficient (Wildman–Crippen LogP) is 2.81. The van der Waals surface area contributed by atoms with Gasteiger partial charge in [0, 0.05) is 6.20 Å². The van der Waals surface area contributed by atoms with Crippen molar-refractivity contribution < 1.29 is 9.90 Å². The molecule has 5 nitrogen and oxygen atoms in total. The molecule has 3 aromatic rings. The number of nitrogens with one attached hydrogen (secondary N) is 1. The van der Waals surface area contributed by atoms with Crippen molar-refractivity contribution in [3.63, 3.8) is 0 Å². The van der Waals surface area contributed by atoms with Crippen LogP contribution in [-0.4, -0.2) is 26.0 Å². The van der Waals surface area contributed by atoms with Crippen molar-refractivity contribution in [3.05, 3.63) is 48.2 Å². The smallest absolute Gasteiger partial charge is 0.337 e. The monoisotopic (exact) mass is 271 g/mol. The molecule has 6 heteroatoms. The lowest BCUT2D eigenvalue weighted by Gasteiger charge is -1.97. The minimum atomic E-state index is -0.979. The van der Waals surface area contributed by atoms with E-state index in [1.54, 1.807) is 6.07 Å². The third-order valence-corrected chi connectivity index (χ3v) is 3.39. The Hall–Kier alpha value is -2.34. The number of imidazole rings is 1. The molecule has 0 aliphatic rings. The number of aromatic amines is 1. The topological polar surface area (TPSA) is 78.9 Å². The van der Waals surface area contributed by atoms with Crippen molar-refractivity contribution in [2.24, 2.45) is 0 Å². The maximum absolute atomic E-state index is 10.7. The average Bonchev–Trinajstić information content (AvgIpc) is 2.81. The first kappa shape index (κ1) is 11.7. The number of rotatable bonds is 3. The third kappa shape index (κ3) is 2.43. The summed E-state index contributed by atoms with van der Waals surface area (Å²) < 4.78 is 0. The van der Waals surface area contributed by atoms with E-state index in [-0.39, 0.29) is 5.56 Å². The fourth-order valence-corrected chi connectivity index (χ4v) is 2.39. The van der Waals surface area contributed by atoms with E-state index < -0.39 is 5.97 Å². The number of nitrogens with zero attached hydrogens (tertiary/aromatic N) is 2. The van der Waals surface area contributed by atoms with Gasteiger partial charge in [0.1, 0.15) is 5.03 Å². The first-order valence-corrected chi connectivity index (χ1v) is 6.36. The summed E-state index contributed by atoms with van der Waals surface area (Å²) in [4.78, 5) is 22.4. The van der Waals surface area contributed by atoms with Crippen molar-refractivity contribution in [1.29, 1.82) is 0 Å². The highest BCUT2D eigenvalue weighted by Crippen LogP contribution is 2.25. The van der Waals surface area contributed by atoms with Crippen LogP contribution in [0.4, 0.5) is 0 Å². The van der Waals surface area contributed by atoms with Gasteiger partial charge < -0.3 is 10.1 Å². The van der Waals surface area contributed by atoms with Crippen LogP contribution >= 0.6 is 11.8 Å². The molecule has 2 aromatic heterocycles. The number of aromatic carboxylic acids is 1. The van der Waals surface area contributed by atoms with Gasteiger partial charge in [-0.2, -0.15) is 0 Å². The molecular weight excluding hydrogens is 262 g/mol. The summed E-state index contributed by atoms with van der Waals surface area (Å²) in [6.07, 6.45) is 1.34. The van der Waals surface area contributed by atoms with Gasteiger partial charge in [0.25, 0.3) is 0 Å². The molecule has 0 aliphatic heterocycles.